The molecule has 1 amide bonds. The van der Waals surface area contributed by atoms with Gasteiger partial charge in [0.2, 0.25) is 0 Å². The summed E-state index contributed by atoms with van der Waals surface area (Å²) in [4.78, 5) is 22.4. The molecule has 1 saturated heterocycles. The number of aliphatic carboxylic acids is 1. The zero-order valence-corrected chi connectivity index (χ0v) is 9.16. The van der Waals surface area contributed by atoms with E-state index in [4.69, 9.17) is 9.84 Å². The third kappa shape index (κ3) is 2.40. The lowest BCUT2D eigenvalue weighted by molar-refractivity contribution is -0.196. The van der Waals surface area contributed by atoms with E-state index in [0.29, 0.717) is 4.90 Å². The van der Waals surface area contributed by atoms with E-state index >= 15 is 0 Å². The van der Waals surface area contributed by atoms with E-state index in [9.17, 15) is 18.4 Å². The average Bonchev–Trinajstić information content (AvgIpc) is 1.95. The SMILES string of the molecule is CC(C)(C)OC(=O)N1CC(F)(F)[C@@H]1C(=O)O. The fraction of sp³-hybridized carbons (Fsp3) is 0.778. The van der Waals surface area contributed by atoms with Gasteiger partial charge in [-0.25, -0.2) is 18.4 Å². The topological polar surface area (TPSA) is 66.8 Å². The van der Waals surface area contributed by atoms with Gasteiger partial charge in [-0.05, 0) is 20.8 Å². The van der Waals surface area contributed by atoms with Gasteiger partial charge in [0.1, 0.15) is 5.60 Å². The Morgan fingerprint density at radius 1 is 1.44 bits per heavy atom. The van der Waals surface area contributed by atoms with Crippen LogP contribution in [0.4, 0.5) is 13.6 Å². The van der Waals surface area contributed by atoms with Gasteiger partial charge in [0.15, 0.2) is 6.04 Å². The predicted octanol–water partition coefficient (Wildman–Crippen LogP) is 1.33. The Hall–Kier alpha value is -1.40. The van der Waals surface area contributed by atoms with Crippen molar-refractivity contribution in [3.8, 4) is 0 Å². The Kier molecular flexibility index (Phi) is 2.82. The van der Waals surface area contributed by atoms with Crippen LogP contribution in [0.15, 0.2) is 0 Å². The van der Waals surface area contributed by atoms with E-state index in [1.54, 1.807) is 20.8 Å². The maximum atomic E-state index is 12.9. The number of rotatable bonds is 1. The summed E-state index contributed by atoms with van der Waals surface area (Å²) in [6.45, 7) is 3.79. The predicted molar refractivity (Wildman–Crippen MR) is 49.3 cm³/mol. The zero-order valence-electron chi connectivity index (χ0n) is 9.16. The highest BCUT2D eigenvalue weighted by molar-refractivity contribution is 5.83. The van der Waals surface area contributed by atoms with Crippen LogP contribution in [-0.2, 0) is 9.53 Å². The summed E-state index contributed by atoms with van der Waals surface area (Å²) in [5, 5.41) is 8.56. The number of nitrogens with zero attached hydrogens (tertiary/aromatic N) is 1. The van der Waals surface area contributed by atoms with Crippen molar-refractivity contribution in [1.82, 2.24) is 4.90 Å². The second-order valence-electron chi connectivity index (χ2n) is 4.61. The van der Waals surface area contributed by atoms with Crippen LogP contribution in [-0.4, -0.2) is 46.2 Å². The molecule has 0 aromatic heterocycles. The number of ether oxygens (including phenoxy) is 1. The Labute approximate surface area is 91.0 Å². The van der Waals surface area contributed by atoms with Crippen LogP contribution in [0.1, 0.15) is 20.8 Å². The number of carbonyl (C=O) groups excluding carboxylic acids is 1. The largest absolute Gasteiger partial charge is 0.480 e. The van der Waals surface area contributed by atoms with Gasteiger partial charge in [-0.1, -0.05) is 0 Å². The van der Waals surface area contributed by atoms with Crippen LogP contribution in [0.5, 0.6) is 0 Å². The van der Waals surface area contributed by atoms with Crippen molar-refractivity contribution in [2.24, 2.45) is 0 Å². The number of halogens is 2. The van der Waals surface area contributed by atoms with Crippen molar-refractivity contribution in [1.29, 1.82) is 0 Å². The Morgan fingerprint density at radius 3 is 2.25 bits per heavy atom. The lowest BCUT2D eigenvalue weighted by Gasteiger charge is -2.44. The van der Waals surface area contributed by atoms with Crippen molar-refractivity contribution in [2.45, 2.75) is 38.3 Å². The molecule has 16 heavy (non-hydrogen) atoms. The van der Waals surface area contributed by atoms with Crippen molar-refractivity contribution >= 4 is 12.1 Å². The maximum absolute atomic E-state index is 12.9. The van der Waals surface area contributed by atoms with Crippen LogP contribution in [0.2, 0.25) is 0 Å². The molecule has 1 aliphatic rings. The highest BCUT2D eigenvalue weighted by Crippen LogP contribution is 2.35. The van der Waals surface area contributed by atoms with Gasteiger partial charge in [0.25, 0.3) is 5.92 Å². The monoisotopic (exact) mass is 237 g/mol. The van der Waals surface area contributed by atoms with Gasteiger partial charge in [-0.3, -0.25) is 4.90 Å². The first kappa shape index (κ1) is 12.7. The fourth-order valence-electron chi connectivity index (χ4n) is 1.32. The number of alkyl halides is 2. The molecular weight excluding hydrogens is 224 g/mol. The van der Waals surface area contributed by atoms with E-state index in [1.165, 1.54) is 0 Å². The molecule has 0 aliphatic carbocycles. The van der Waals surface area contributed by atoms with E-state index in [-0.39, 0.29) is 0 Å². The number of carboxylic acid groups (broad SMARTS) is 1. The minimum atomic E-state index is -3.39. The molecule has 0 unspecified atom stereocenters. The van der Waals surface area contributed by atoms with Crippen LogP contribution >= 0.6 is 0 Å². The van der Waals surface area contributed by atoms with E-state index < -0.39 is 36.2 Å². The Balaban J connectivity index is 2.70. The lowest BCUT2D eigenvalue weighted by Crippen LogP contribution is -2.70. The molecule has 1 atom stereocenters. The Morgan fingerprint density at radius 2 is 1.94 bits per heavy atom. The van der Waals surface area contributed by atoms with E-state index in [1.807, 2.05) is 0 Å². The molecule has 0 aromatic rings. The van der Waals surface area contributed by atoms with Crippen molar-refractivity contribution in [2.75, 3.05) is 6.54 Å². The fourth-order valence-corrected chi connectivity index (χ4v) is 1.32. The molecule has 1 heterocycles. The first-order valence-corrected chi connectivity index (χ1v) is 4.65. The number of carboxylic acids is 1. The molecular formula is C9H13F2NO4. The molecule has 0 aromatic carbocycles. The summed E-state index contributed by atoms with van der Waals surface area (Å²) in [5.74, 6) is -5.12. The first-order chi connectivity index (χ1) is 7.04. The van der Waals surface area contributed by atoms with Crippen LogP contribution in [0.25, 0.3) is 0 Å². The van der Waals surface area contributed by atoms with Gasteiger partial charge in [-0.15, -0.1) is 0 Å². The summed E-state index contributed by atoms with van der Waals surface area (Å²) < 4.78 is 30.5. The smallest absolute Gasteiger partial charge is 0.411 e. The summed E-state index contributed by atoms with van der Waals surface area (Å²) in [5.41, 5.74) is -0.842. The molecule has 92 valence electrons. The molecule has 0 spiro atoms. The normalized spacial score (nSPS) is 23.6. The summed E-state index contributed by atoms with van der Waals surface area (Å²) in [7, 11) is 0. The van der Waals surface area contributed by atoms with Gasteiger partial charge in [0, 0.05) is 0 Å². The number of carbonyl (C=O) groups is 2. The number of hydrogen-bond donors (Lipinski definition) is 1. The van der Waals surface area contributed by atoms with Crippen molar-refractivity contribution < 1.29 is 28.2 Å². The minimum Gasteiger partial charge on any atom is -0.480 e. The molecule has 1 aliphatic heterocycles. The molecule has 5 nitrogen and oxygen atoms in total. The van der Waals surface area contributed by atoms with Crippen molar-refractivity contribution in [3.63, 3.8) is 0 Å². The molecule has 1 fully saturated rings. The third-order valence-electron chi connectivity index (χ3n) is 1.95. The number of likely N-dealkylation sites (tertiary alicyclic amines) is 1. The molecule has 1 rings (SSSR count). The summed E-state index contributed by atoms with van der Waals surface area (Å²) in [6.07, 6.45) is -1.04. The van der Waals surface area contributed by atoms with Crippen molar-refractivity contribution in [3.05, 3.63) is 0 Å². The molecule has 0 saturated carbocycles. The molecule has 1 N–H and O–H groups in total. The second-order valence-corrected chi connectivity index (χ2v) is 4.61. The van der Waals surface area contributed by atoms with E-state index in [0.717, 1.165) is 0 Å². The molecule has 0 bridgehead atoms. The highest BCUT2D eigenvalue weighted by atomic mass is 19.3. The highest BCUT2D eigenvalue weighted by Gasteiger charge is 2.62. The quantitative estimate of drug-likeness (QED) is 0.747. The standard InChI is InChI=1S/C9H13F2NO4/c1-8(2,3)16-7(15)12-4-9(10,11)5(12)6(13)14/h5H,4H2,1-3H3,(H,13,14)/t5-/m0/s1. The van der Waals surface area contributed by atoms with Crippen LogP contribution in [0.3, 0.4) is 0 Å². The van der Waals surface area contributed by atoms with E-state index in [2.05, 4.69) is 0 Å². The van der Waals surface area contributed by atoms with Crippen LogP contribution < -0.4 is 0 Å². The van der Waals surface area contributed by atoms with Gasteiger partial charge < -0.3 is 9.84 Å². The summed E-state index contributed by atoms with van der Waals surface area (Å²) >= 11 is 0. The average molecular weight is 237 g/mol. The first-order valence-electron chi connectivity index (χ1n) is 4.65. The summed E-state index contributed by atoms with van der Waals surface area (Å²) in [6, 6.07) is -2.12. The lowest BCUT2D eigenvalue weighted by atomic mass is 9.99. The zero-order chi connectivity index (χ0) is 12.7. The molecule has 7 heteroatoms. The van der Waals surface area contributed by atoms with Crippen LogP contribution in [0, 0.1) is 0 Å². The van der Waals surface area contributed by atoms with Gasteiger partial charge in [-0.2, -0.15) is 0 Å². The number of hydrogen-bond acceptors (Lipinski definition) is 3. The third-order valence-corrected chi connectivity index (χ3v) is 1.95. The molecule has 0 radical (unpaired) electrons. The maximum Gasteiger partial charge on any atom is 0.411 e. The number of amides is 1. The second kappa shape index (κ2) is 3.57. The van der Waals surface area contributed by atoms with Gasteiger partial charge >= 0.3 is 12.1 Å². The Bertz CT molecular complexity index is 324. The minimum absolute atomic E-state index is 0.508. The van der Waals surface area contributed by atoms with Gasteiger partial charge in [0.05, 0.1) is 6.54 Å².